The summed E-state index contributed by atoms with van der Waals surface area (Å²) in [6, 6.07) is 20.3. The first-order chi connectivity index (χ1) is 11.8. The summed E-state index contributed by atoms with van der Waals surface area (Å²) < 4.78 is 5.15. The predicted octanol–water partition coefficient (Wildman–Crippen LogP) is 6.65. The van der Waals surface area contributed by atoms with E-state index >= 15 is 0 Å². The summed E-state index contributed by atoms with van der Waals surface area (Å²) in [6.45, 7) is 2.24. The topological polar surface area (TPSA) is 4.93 Å². The van der Waals surface area contributed by atoms with Gasteiger partial charge in [0.25, 0.3) is 0 Å². The Labute approximate surface area is 145 Å². The van der Waals surface area contributed by atoms with Gasteiger partial charge in [0.2, 0.25) is 0 Å². The van der Waals surface area contributed by atoms with Gasteiger partial charge in [-0.3, -0.25) is 0 Å². The molecule has 0 aliphatic rings. The van der Waals surface area contributed by atoms with E-state index in [9.17, 15) is 0 Å². The van der Waals surface area contributed by atoms with Crippen LogP contribution in [0.3, 0.4) is 0 Å². The van der Waals surface area contributed by atoms with Gasteiger partial charge in [-0.05, 0) is 30.2 Å². The van der Waals surface area contributed by atoms with Gasteiger partial charge in [-0.1, -0.05) is 49.7 Å². The second-order valence-electron chi connectivity index (χ2n) is 6.60. The van der Waals surface area contributed by atoms with Gasteiger partial charge in [0.1, 0.15) is 0 Å². The summed E-state index contributed by atoms with van der Waals surface area (Å²) in [4.78, 5) is 0. The molecule has 0 spiro atoms. The van der Waals surface area contributed by atoms with Crippen LogP contribution in [0.15, 0.2) is 54.6 Å². The van der Waals surface area contributed by atoms with Crippen LogP contribution in [0, 0.1) is 0 Å². The van der Waals surface area contributed by atoms with E-state index in [4.69, 9.17) is 0 Å². The number of thiophene rings is 1. The number of aromatic nitrogens is 1. The van der Waals surface area contributed by atoms with Gasteiger partial charge >= 0.3 is 0 Å². The summed E-state index contributed by atoms with van der Waals surface area (Å²) in [7, 11) is 2.19. The third-order valence-corrected chi connectivity index (χ3v) is 6.32. The van der Waals surface area contributed by atoms with E-state index in [2.05, 4.69) is 73.1 Å². The molecule has 2 heterocycles. The van der Waals surface area contributed by atoms with E-state index in [0.717, 1.165) is 6.42 Å². The third kappa shape index (κ3) is 1.81. The van der Waals surface area contributed by atoms with Crippen LogP contribution < -0.4 is 0 Å². The fourth-order valence-corrected chi connectivity index (χ4v) is 5.22. The second-order valence-corrected chi connectivity index (χ2v) is 7.65. The number of rotatable bonds is 2. The lowest BCUT2D eigenvalue weighted by atomic mass is 10.1. The average Bonchev–Trinajstić information content (AvgIpc) is 3.11. The Morgan fingerprint density at radius 3 is 2.58 bits per heavy atom. The highest BCUT2D eigenvalue weighted by Gasteiger charge is 2.14. The largest absolute Gasteiger partial charge is 0.344 e. The molecule has 5 rings (SSSR count). The maximum absolute atomic E-state index is 2.37. The molecular weight excluding hydrogens is 310 g/mol. The molecule has 0 aliphatic carbocycles. The van der Waals surface area contributed by atoms with Crippen molar-refractivity contribution in [3.05, 3.63) is 60.2 Å². The molecule has 0 saturated heterocycles. The SMILES string of the molecule is CCCc1ccc2c3c4sc5ccccc5c4ccc3n(C)c2c1. The Hall–Kier alpha value is -2.32. The molecule has 0 N–H and O–H groups in total. The Kier molecular flexibility index (Phi) is 2.98. The molecule has 0 saturated carbocycles. The summed E-state index contributed by atoms with van der Waals surface area (Å²) in [6.07, 6.45) is 2.34. The van der Waals surface area contributed by atoms with Crippen molar-refractivity contribution in [2.75, 3.05) is 0 Å². The zero-order chi connectivity index (χ0) is 16.3. The van der Waals surface area contributed by atoms with Gasteiger partial charge in [-0.2, -0.15) is 0 Å². The van der Waals surface area contributed by atoms with E-state index in [1.807, 2.05) is 11.3 Å². The summed E-state index contributed by atoms with van der Waals surface area (Å²) in [5.41, 5.74) is 4.11. The first kappa shape index (κ1) is 14.1. The highest BCUT2D eigenvalue weighted by molar-refractivity contribution is 7.26. The van der Waals surface area contributed by atoms with Crippen molar-refractivity contribution < 1.29 is 0 Å². The molecule has 0 amide bonds. The molecule has 0 fully saturated rings. The van der Waals surface area contributed by atoms with Crippen LogP contribution in [0.5, 0.6) is 0 Å². The van der Waals surface area contributed by atoms with Crippen LogP contribution in [0.1, 0.15) is 18.9 Å². The molecule has 0 bridgehead atoms. The molecule has 2 heteroatoms. The Balaban J connectivity index is 1.97. The van der Waals surface area contributed by atoms with Crippen LogP contribution in [0.4, 0.5) is 0 Å². The van der Waals surface area contributed by atoms with Gasteiger partial charge in [-0.25, -0.2) is 0 Å². The van der Waals surface area contributed by atoms with E-state index < -0.39 is 0 Å². The molecular formula is C22H19NS. The molecule has 1 nitrogen and oxygen atoms in total. The van der Waals surface area contributed by atoms with Crippen LogP contribution in [-0.4, -0.2) is 4.57 Å². The monoisotopic (exact) mass is 329 g/mol. The van der Waals surface area contributed by atoms with Gasteiger partial charge in [0, 0.05) is 43.5 Å². The van der Waals surface area contributed by atoms with Crippen molar-refractivity contribution in [2.45, 2.75) is 19.8 Å². The summed E-state index contributed by atoms with van der Waals surface area (Å²) >= 11 is 1.92. The fourth-order valence-electron chi connectivity index (χ4n) is 3.96. The number of aryl methyl sites for hydroxylation is 2. The molecule has 118 valence electrons. The van der Waals surface area contributed by atoms with Crippen molar-refractivity contribution in [3.63, 3.8) is 0 Å². The normalized spacial score (nSPS) is 12.1. The Morgan fingerprint density at radius 2 is 1.71 bits per heavy atom. The maximum atomic E-state index is 2.37. The highest BCUT2D eigenvalue weighted by Crippen LogP contribution is 2.42. The smallest absolute Gasteiger partial charge is 0.0503 e. The quantitative estimate of drug-likeness (QED) is 0.341. The number of fused-ring (bicyclic) bond motifs is 7. The zero-order valence-electron chi connectivity index (χ0n) is 14.0. The van der Waals surface area contributed by atoms with Crippen molar-refractivity contribution in [1.29, 1.82) is 0 Å². The minimum Gasteiger partial charge on any atom is -0.344 e. The number of benzene rings is 3. The molecule has 0 unspecified atom stereocenters. The maximum Gasteiger partial charge on any atom is 0.0503 e. The van der Waals surface area contributed by atoms with E-state index in [1.54, 1.807) is 0 Å². The Bertz CT molecular complexity index is 1220. The molecule has 24 heavy (non-hydrogen) atoms. The van der Waals surface area contributed by atoms with E-state index in [0.29, 0.717) is 0 Å². The minimum absolute atomic E-state index is 1.15. The molecule has 0 atom stereocenters. The van der Waals surface area contributed by atoms with Crippen LogP contribution in [0.2, 0.25) is 0 Å². The van der Waals surface area contributed by atoms with Gasteiger partial charge in [-0.15, -0.1) is 11.3 Å². The lowest BCUT2D eigenvalue weighted by molar-refractivity contribution is 0.920. The van der Waals surface area contributed by atoms with Crippen molar-refractivity contribution in [2.24, 2.45) is 7.05 Å². The fraction of sp³-hybridized carbons (Fsp3) is 0.182. The molecule has 5 aromatic rings. The molecule has 2 aromatic heterocycles. The van der Waals surface area contributed by atoms with Gasteiger partial charge in [0.15, 0.2) is 0 Å². The first-order valence-electron chi connectivity index (χ1n) is 8.59. The third-order valence-electron chi connectivity index (χ3n) is 5.12. The van der Waals surface area contributed by atoms with Crippen LogP contribution >= 0.6 is 11.3 Å². The lowest BCUT2D eigenvalue weighted by Crippen LogP contribution is -1.88. The van der Waals surface area contributed by atoms with E-state index in [1.165, 1.54) is 54.0 Å². The summed E-state index contributed by atoms with van der Waals surface area (Å²) in [5.74, 6) is 0. The highest BCUT2D eigenvalue weighted by atomic mass is 32.1. The zero-order valence-corrected chi connectivity index (χ0v) is 14.8. The second kappa shape index (κ2) is 5.09. The first-order valence-corrected chi connectivity index (χ1v) is 9.41. The van der Waals surface area contributed by atoms with Gasteiger partial charge in [0.05, 0.1) is 5.52 Å². The molecule has 3 aromatic carbocycles. The van der Waals surface area contributed by atoms with Crippen LogP contribution in [-0.2, 0) is 13.5 Å². The number of nitrogens with zero attached hydrogens (tertiary/aromatic N) is 1. The number of hydrogen-bond donors (Lipinski definition) is 0. The van der Waals surface area contributed by atoms with Gasteiger partial charge < -0.3 is 4.57 Å². The number of hydrogen-bond acceptors (Lipinski definition) is 1. The van der Waals surface area contributed by atoms with Crippen LogP contribution in [0.25, 0.3) is 42.0 Å². The predicted molar refractivity (Wildman–Crippen MR) is 107 cm³/mol. The van der Waals surface area contributed by atoms with Crippen molar-refractivity contribution in [3.8, 4) is 0 Å². The lowest BCUT2D eigenvalue weighted by Gasteiger charge is -2.01. The van der Waals surface area contributed by atoms with E-state index in [-0.39, 0.29) is 0 Å². The molecule has 0 radical (unpaired) electrons. The van der Waals surface area contributed by atoms with Crippen molar-refractivity contribution >= 4 is 53.3 Å². The average molecular weight is 329 g/mol. The minimum atomic E-state index is 1.15. The molecule has 0 aliphatic heterocycles. The van der Waals surface area contributed by atoms with Crippen molar-refractivity contribution in [1.82, 2.24) is 4.57 Å². The summed E-state index contributed by atoms with van der Waals surface area (Å²) in [5, 5.41) is 5.55. The Morgan fingerprint density at radius 1 is 0.875 bits per heavy atom. The standard InChI is InChI=1S/C22H19NS/c1-3-6-14-9-10-17-19(13-14)23(2)18-12-11-16-15-7-4-5-8-20(15)24-22(16)21(17)18/h4-5,7-13H,3,6H2,1-2H3.